The van der Waals surface area contributed by atoms with E-state index in [4.69, 9.17) is 5.73 Å². The molecule has 1 atom stereocenters. The van der Waals surface area contributed by atoms with Gasteiger partial charge in [0.25, 0.3) is 0 Å². The Morgan fingerprint density at radius 3 is 2.56 bits per heavy atom. The zero-order valence-electron chi connectivity index (χ0n) is 9.60. The number of carbonyl (C=O) groups excluding carboxylic acids is 1. The van der Waals surface area contributed by atoms with E-state index in [1.165, 1.54) is 6.07 Å². The van der Waals surface area contributed by atoms with Crippen molar-refractivity contribution in [2.24, 2.45) is 17.6 Å². The van der Waals surface area contributed by atoms with Gasteiger partial charge in [-0.25, -0.2) is 0 Å². The number of phenols is 1. The minimum atomic E-state index is -0.236. The molecule has 1 amide bonds. The van der Waals surface area contributed by atoms with E-state index >= 15 is 0 Å². The SMILES string of the molecule is CC(C)C(CN)C(=O)Nc1ccccc1O. The van der Waals surface area contributed by atoms with Crippen LogP contribution in [0.2, 0.25) is 0 Å². The van der Waals surface area contributed by atoms with Crippen molar-refractivity contribution in [3.63, 3.8) is 0 Å². The fraction of sp³-hybridized carbons (Fsp3) is 0.417. The molecule has 0 fully saturated rings. The molecular weight excluding hydrogens is 204 g/mol. The number of hydrogen-bond donors (Lipinski definition) is 3. The second-order valence-electron chi connectivity index (χ2n) is 4.09. The molecular formula is C12H18N2O2. The number of amides is 1. The van der Waals surface area contributed by atoms with Gasteiger partial charge in [0.05, 0.1) is 11.6 Å². The number of para-hydroxylation sites is 2. The summed E-state index contributed by atoms with van der Waals surface area (Å²) in [6.45, 7) is 4.20. The van der Waals surface area contributed by atoms with Crippen molar-refractivity contribution in [3.8, 4) is 5.75 Å². The molecule has 0 aromatic heterocycles. The number of benzene rings is 1. The molecule has 88 valence electrons. The van der Waals surface area contributed by atoms with E-state index in [2.05, 4.69) is 5.32 Å². The lowest BCUT2D eigenvalue weighted by molar-refractivity contribution is -0.120. The van der Waals surface area contributed by atoms with E-state index in [-0.39, 0.29) is 23.5 Å². The third-order valence-electron chi connectivity index (χ3n) is 2.56. The quantitative estimate of drug-likeness (QED) is 0.677. The van der Waals surface area contributed by atoms with Crippen molar-refractivity contribution in [2.75, 3.05) is 11.9 Å². The van der Waals surface area contributed by atoms with Gasteiger partial charge < -0.3 is 16.2 Å². The lowest BCUT2D eigenvalue weighted by Gasteiger charge is -2.18. The number of nitrogens with two attached hydrogens (primary N) is 1. The number of phenolic OH excluding ortho intramolecular Hbond substituents is 1. The molecule has 0 radical (unpaired) electrons. The molecule has 0 saturated heterocycles. The van der Waals surface area contributed by atoms with Gasteiger partial charge in [0.2, 0.25) is 5.91 Å². The monoisotopic (exact) mass is 222 g/mol. The topological polar surface area (TPSA) is 75.4 Å². The van der Waals surface area contributed by atoms with Crippen molar-refractivity contribution in [1.82, 2.24) is 0 Å². The normalized spacial score (nSPS) is 12.5. The molecule has 4 heteroatoms. The molecule has 1 rings (SSSR count). The molecule has 0 spiro atoms. The molecule has 4 nitrogen and oxygen atoms in total. The Hall–Kier alpha value is -1.55. The van der Waals surface area contributed by atoms with Gasteiger partial charge in [0.15, 0.2) is 0 Å². The number of rotatable bonds is 4. The van der Waals surface area contributed by atoms with E-state index < -0.39 is 0 Å². The van der Waals surface area contributed by atoms with E-state index in [1.54, 1.807) is 18.2 Å². The summed E-state index contributed by atoms with van der Waals surface area (Å²) in [5.41, 5.74) is 5.97. The second-order valence-corrected chi connectivity index (χ2v) is 4.09. The smallest absolute Gasteiger partial charge is 0.229 e. The van der Waals surface area contributed by atoms with Crippen LogP contribution in [0.5, 0.6) is 5.75 Å². The number of aromatic hydroxyl groups is 1. The molecule has 0 aliphatic carbocycles. The van der Waals surface area contributed by atoms with Gasteiger partial charge in [0, 0.05) is 6.54 Å². The minimum absolute atomic E-state index is 0.0652. The maximum absolute atomic E-state index is 11.8. The fourth-order valence-corrected chi connectivity index (χ4v) is 1.49. The Kier molecular flexibility index (Phi) is 4.31. The summed E-state index contributed by atoms with van der Waals surface area (Å²) in [5, 5.41) is 12.2. The maximum atomic E-state index is 11.8. The molecule has 4 N–H and O–H groups in total. The van der Waals surface area contributed by atoms with Crippen molar-refractivity contribution in [3.05, 3.63) is 24.3 Å². The molecule has 16 heavy (non-hydrogen) atoms. The maximum Gasteiger partial charge on any atom is 0.229 e. The Bertz CT molecular complexity index is 364. The molecule has 1 aromatic rings. The third kappa shape index (κ3) is 2.97. The van der Waals surface area contributed by atoms with Gasteiger partial charge in [-0.1, -0.05) is 26.0 Å². The van der Waals surface area contributed by atoms with E-state index in [1.807, 2.05) is 13.8 Å². The summed E-state index contributed by atoms with van der Waals surface area (Å²) < 4.78 is 0. The first kappa shape index (κ1) is 12.5. The van der Waals surface area contributed by atoms with Gasteiger partial charge in [-0.05, 0) is 18.1 Å². The summed E-state index contributed by atoms with van der Waals surface area (Å²) in [6, 6.07) is 6.64. The predicted octanol–water partition coefficient (Wildman–Crippen LogP) is 1.56. The van der Waals surface area contributed by atoms with Crippen LogP contribution >= 0.6 is 0 Å². The average molecular weight is 222 g/mol. The Morgan fingerprint density at radius 2 is 2.06 bits per heavy atom. The van der Waals surface area contributed by atoms with Gasteiger partial charge in [-0.15, -0.1) is 0 Å². The number of anilines is 1. The Labute approximate surface area is 95.5 Å². The molecule has 0 aliphatic heterocycles. The average Bonchev–Trinajstić information content (AvgIpc) is 2.22. The van der Waals surface area contributed by atoms with Crippen molar-refractivity contribution < 1.29 is 9.90 Å². The van der Waals surface area contributed by atoms with Crippen LogP contribution in [0.1, 0.15) is 13.8 Å². The van der Waals surface area contributed by atoms with E-state index in [0.717, 1.165) is 0 Å². The number of hydrogen-bond acceptors (Lipinski definition) is 3. The van der Waals surface area contributed by atoms with Gasteiger partial charge in [-0.3, -0.25) is 4.79 Å². The highest BCUT2D eigenvalue weighted by Gasteiger charge is 2.21. The Morgan fingerprint density at radius 1 is 1.44 bits per heavy atom. The summed E-state index contributed by atoms with van der Waals surface area (Å²) in [4.78, 5) is 11.8. The van der Waals surface area contributed by atoms with Crippen LogP contribution in [-0.2, 0) is 4.79 Å². The fourth-order valence-electron chi connectivity index (χ4n) is 1.49. The zero-order chi connectivity index (χ0) is 12.1. The minimum Gasteiger partial charge on any atom is -0.506 e. The van der Waals surface area contributed by atoms with Crippen LogP contribution in [-0.4, -0.2) is 17.6 Å². The van der Waals surface area contributed by atoms with Gasteiger partial charge in [-0.2, -0.15) is 0 Å². The van der Waals surface area contributed by atoms with Crippen molar-refractivity contribution >= 4 is 11.6 Å². The predicted molar refractivity (Wildman–Crippen MR) is 64.1 cm³/mol. The van der Waals surface area contributed by atoms with Crippen LogP contribution in [0.3, 0.4) is 0 Å². The number of carbonyl (C=O) groups is 1. The molecule has 1 unspecified atom stereocenters. The first-order valence-electron chi connectivity index (χ1n) is 5.35. The molecule has 0 saturated carbocycles. The van der Waals surface area contributed by atoms with Crippen LogP contribution in [0.25, 0.3) is 0 Å². The zero-order valence-corrected chi connectivity index (χ0v) is 9.60. The molecule has 0 aliphatic rings. The van der Waals surface area contributed by atoms with Gasteiger partial charge in [0.1, 0.15) is 5.75 Å². The number of nitrogens with one attached hydrogen (secondary N) is 1. The lowest BCUT2D eigenvalue weighted by atomic mass is 9.95. The van der Waals surface area contributed by atoms with E-state index in [9.17, 15) is 9.90 Å². The van der Waals surface area contributed by atoms with Crippen LogP contribution in [0, 0.1) is 11.8 Å². The highest BCUT2D eigenvalue weighted by Crippen LogP contribution is 2.23. The molecule has 0 heterocycles. The van der Waals surface area contributed by atoms with Crippen molar-refractivity contribution in [1.29, 1.82) is 0 Å². The van der Waals surface area contributed by atoms with Crippen LogP contribution in [0.4, 0.5) is 5.69 Å². The third-order valence-corrected chi connectivity index (χ3v) is 2.56. The summed E-state index contributed by atoms with van der Waals surface area (Å²) in [7, 11) is 0. The second kappa shape index (κ2) is 5.51. The van der Waals surface area contributed by atoms with Crippen LogP contribution < -0.4 is 11.1 Å². The van der Waals surface area contributed by atoms with Crippen molar-refractivity contribution in [2.45, 2.75) is 13.8 Å². The molecule has 0 bridgehead atoms. The lowest BCUT2D eigenvalue weighted by Crippen LogP contribution is -2.33. The summed E-state index contributed by atoms with van der Waals surface area (Å²) in [5.74, 6) is -0.148. The highest BCUT2D eigenvalue weighted by molar-refractivity contribution is 5.94. The largest absolute Gasteiger partial charge is 0.506 e. The highest BCUT2D eigenvalue weighted by atomic mass is 16.3. The molecule has 1 aromatic carbocycles. The summed E-state index contributed by atoms with van der Waals surface area (Å²) in [6.07, 6.45) is 0. The van der Waals surface area contributed by atoms with E-state index in [0.29, 0.717) is 12.2 Å². The van der Waals surface area contributed by atoms with Crippen LogP contribution in [0.15, 0.2) is 24.3 Å². The Balaban J connectivity index is 2.74. The first-order chi connectivity index (χ1) is 7.56. The standard InChI is InChI=1S/C12H18N2O2/c1-8(2)9(7-13)12(16)14-10-5-3-4-6-11(10)15/h3-6,8-9,15H,7,13H2,1-2H3,(H,14,16). The first-order valence-corrected chi connectivity index (χ1v) is 5.35. The van der Waals surface area contributed by atoms with Gasteiger partial charge >= 0.3 is 0 Å². The summed E-state index contributed by atoms with van der Waals surface area (Å²) >= 11 is 0.